The first-order valence-electron chi connectivity index (χ1n) is 12.0. The minimum atomic E-state index is -0.233. The summed E-state index contributed by atoms with van der Waals surface area (Å²) in [6.45, 7) is 5.44. The maximum Gasteiger partial charge on any atom is 0.286 e. The topological polar surface area (TPSA) is 71.8 Å². The summed E-state index contributed by atoms with van der Waals surface area (Å²) in [7, 11) is 0. The number of carbonyl (C=O) groups is 2. The monoisotopic (exact) mass is 458 g/mol. The number of ether oxygens (including phenoxy) is 1. The van der Waals surface area contributed by atoms with Crippen LogP contribution in [0.5, 0.6) is 5.75 Å². The molecule has 1 aromatic heterocycles. The lowest BCUT2D eigenvalue weighted by molar-refractivity contribution is -0.134. The summed E-state index contributed by atoms with van der Waals surface area (Å²) in [6.07, 6.45) is 2.82. The SMILES string of the molecule is CCNC(=O)c1ccc(COc2ccc3c(c2)[C@H](c2ccc(C)cc2)N(C(=O)C2CC2)CC3)o1. The van der Waals surface area contributed by atoms with E-state index in [1.165, 1.54) is 11.1 Å². The van der Waals surface area contributed by atoms with Gasteiger partial charge in [-0.1, -0.05) is 35.9 Å². The van der Waals surface area contributed by atoms with Crippen LogP contribution in [-0.2, 0) is 17.8 Å². The van der Waals surface area contributed by atoms with Crippen LogP contribution in [0.2, 0.25) is 0 Å². The largest absolute Gasteiger partial charge is 0.486 e. The first kappa shape index (κ1) is 22.3. The summed E-state index contributed by atoms with van der Waals surface area (Å²) >= 11 is 0. The molecule has 2 aliphatic rings. The van der Waals surface area contributed by atoms with E-state index >= 15 is 0 Å². The van der Waals surface area contributed by atoms with Crippen molar-refractivity contribution in [3.05, 3.63) is 88.4 Å². The van der Waals surface area contributed by atoms with Crippen LogP contribution >= 0.6 is 0 Å². The molecule has 1 fully saturated rings. The van der Waals surface area contributed by atoms with Crippen molar-refractivity contribution in [1.29, 1.82) is 0 Å². The van der Waals surface area contributed by atoms with Crippen LogP contribution in [0.25, 0.3) is 0 Å². The van der Waals surface area contributed by atoms with Crippen molar-refractivity contribution in [2.45, 2.75) is 45.8 Å². The van der Waals surface area contributed by atoms with Gasteiger partial charge in [0.25, 0.3) is 5.91 Å². The van der Waals surface area contributed by atoms with Crippen LogP contribution in [0, 0.1) is 12.8 Å². The van der Waals surface area contributed by atoms with E-state index in [0.717, 1.165) is 36.9 Å². The minimum Gasteiger partial charge on any atom is -0.486 e. The molecule has 2 amide bonds. The van der Waals surface area contributed by atoms with Gasteiger partial charge in [-0.3, -0.25) is 9.59 Å². The van der Waals surface area contributed by atoms with E-state index in [4.69, 9.17) is 9.15 Å². The van der Waals surface area contributed by atoms with E-state index in [1.807, 2.05) is 13.0 Å². The van der Waals surface area contributed by atoms with Crippen LogP contribution in [0.4, 0.5) is 0 Å². The van der Waals surface area contributed by atoms with Crippen molar-refractivity contribution in [3.63, 3.8) is 0 Å². The molecule has 1 N–H and O–H groups in total. The van der Waals surface area contributed by atoms with E-state index in [1.54, 1.807) is 12.1 Å². The zero-order chi connectivity index (χ0) is 23.7. The van der Waals surface area contributed by atoms with Gasteiger partial charge >= 0.3 is 0 Å². The highest BCUT2D eigenvalue weighted by Gasteiger charge is 2.39. The van der Waals surface area contributed by atoms with Crippen molar-refractivity contribution in [2.75, 3.05) is 13.1 Å². The fraction of sp³-hybridized carbons (Fsp3) is 0.357. The average molecular weight is 459 g/mol. The Labute approximate surface area is 199 Å². The number of nitrogens with one attached hydrogen (secondary N) is 1. The van der Waals surface area contributed by atoms with Gasteiger partial charge in [-0.05, 0) is 74.1 Å². The maximum absolute atomic E-state index is 13.2. The summed E-state index contributed by atoms with van der Waals surface area (Å²) in [4.78, 5) is 27.2. The Morgan fingerprint density at radius 3 is 2.62 bits per heavy atom. The first-order chi connectivity index (χ1) is 16.5. The van der Waals surface area contributed by atoms with E-state index in [9.17, 15) is 9.59 Å². The highest BCUT2D eigenvalue weighted by atomic mass is 16.5. The van der Waals surface area contributed by atoms with Gasteiger partial charge in [0.15, 0.2) is 5.76 Å². The smallest absolute Gasteiger partial charge is 0.286 e. The number of aryl methyl sites for hydroxylation is 1. The maximum atomic E-state index is 13.2. The average Bonchev–Trinajstić information content (AvgIpc) is 3.59. The molecular formula is C28H30N2O4. The van der Waals surface area contributed by atoms with Gasteiger partial charge in [0.05, 0.1) is 6.04 Å². The lowest BCUT2D eigenvalue weighted by atomic mass is 9.87. The van der Waals surface area contributed by atoms with E-state index in [0.29, 0.717) is 18.1 Å². The summed E-state index contributed by atoms with van der Waals surface area (Å²) < 4.78 is 11.7. The Morgan fingerprint density at radius 1 is 1.09 bits per heavy atom. The zero-order valence-corrected chi connectivity index (χ0v) is 19.7. The molecule has 2 aromatic carbocycles. The number of furan rings is 1. The van der Waals surface area contributed by atoms with Crippen molar-refractivity contribution >= 4 is 11.8 Å². The van der Waals surface area contributed by atoms with Crippen molar-refractivity contribution in [1.82, 2.24) is 10.2 Å². The summed E-state index contributed by atoms with van der Waals surface area (Å²) in [5.74, 6) is 1.78. The van der Waals surface area contributed by atoms with Crippen LogP contribution in [0.15, 0.2) is 59.0 Å². The van der Waals surface area contributed by atoms with E-state index < -0.39 is 0 Å². The van der Waals surface area contributed by atoms with Crippen LogP contribution in [-0.4, -0.2) is 29.8 Å². The molecule has 2 heterocycles. The van der Waals surface area contributed by atoms with Gasteiger partial charge in [-0.2, -0.15) is 0 Å². The molecule has 1 atom stereocenters. The molecule has 0 unspecified atom stereocenters. The van der Waals surface area contributed by atoms with Crippen LogP contribution in [0.1, 0.15) is 64.4 Å². The standard InChI is InChI=1S/C28H30N2O4/c1-3-29-27(31)25-13-12-23(34-25)17-33-22-11-10-19-14-15-30(28(32)21-8-9-21)26(24(19)16-22)20-6-4-18(2)5-7-20/h4-7,10-13,16,21,26H,3,8-9,14-15,17H2,1-2H3,(H,29,31)/t26-/m0/s1. The molecule has 1 aliphatic carbocycles. The number of amides is 2. The Kier molecular flexibility index (Phi) is 6.14. The number of nitrogens with zero attached hydrogens (tertiary/aromatic N) is 1. The van der Waals surface area contributed by atoms with Gasteiger partial charge < -0.3 is 19.4 Å². The van der Waals surface area contributed by atoms with Gasteiger partial charge in [0, 0.05) is 19.0 Å². The molecule has 176 valence electrons. The third kappa shape index (κ3) is 4.58. The van der Waals surface area contributed by atoms with Crippen LogP contribution in [0.3, 0.4) is 0 Å². The third-order valence-corrected chi connectivity index (χ3v) is 6.55. The molecule has 34 heavy (non-hydrogen) atoms. The van der Waals surface area contributed by atoms with Gasteiger partial charge in [0.2, 0.25) is 5.91 Å². The van der Waals surface area contributed by atoms with Crippen molar-refractivity contribution < 1.29 is 18.7 Å². The molecule has 0 bridgehead atoms. The Bertz CT molecular complexity index is 1190. The van der Waals surface area contributed by atoms with Gasteiger partial charge in [0.1, 0.15) is 18.1 Å². The minimum absolute atomic E-state index is 0.117. The van der Waals surface area contributed by atoms with E-state index in [-0.39, 0.29) is 36.1 Å². The molecule has 0 spiro atoms. The van der Waals surface area contributed by atoms with Gasteiger partial charge in [-0.15, -0.1) is 0 Å². The summed E-state index contributed by atoms with van der Waals surface area (Å²) in [5, 5.41) is 2.73. The second-order valence-electron chi connectivity index (χ2n) is 9.14. The fourth-order valence-electron chi connectivity index (χ4n) is 4.57. The molecule has 5 rings (SSSR count). The quantitative estimate of drug-likeness (QED) is 0.552. The number of benzene rings is 2. The molecule has 6 nitrogen and oxygen atoms in total. The lowest BCUT2D eigenvalue weighted by Gasteiger charge is -2.38. The molecule has 6 heteroatoms. The van der Waals surface area contributed by atoms with E-state index in [2.05, 4.69) is 53.5 Å². The van der Waals surface area contributed by atoms with Crippen molar-refractivity contribution in [2.24, 2.45) is 5.92 Å². The summed E-state index contributed by atoms with van der Waals surface area (Å²) in [6, 6.07) is 17.9. The number of fused-ring (bicyclic) bond motifs is 1. The normalized spacial score (nSPS) is 17.2. The zero-order valence-electron chi connectivity index (χ0n) is 19.7. The lowest BCUT2D eigenvalue weighted by Crippen LogP contribution is -2.41. The Hall–Kier alpha value is -3.54. The fourth-order valence-corrected chi connectivity index (χ4v) is 4.57. The highest BCUT2D eigenvalue weighted by Crippen LogP contribution is 2.41. The Morgan fingerprint density at radius 2 is 1.88 bits per heavy atom. The van der Waals surface area contributed by atoms with Crippen LogP contribution < -0.4 is 10.1 Å². The molecule has 1 saturated carbocycles. The summed E-state index contributed by atoms with van der Waals surface area (Å²) in [5.41, 5.74) is 4.68. The predicted molar refractivity (Wildman–Crippen MR) is 129 cm³/mol. The second-order valence-corrected chi connectivity index (χ2v) is 9.14. The number of hydrogen-bond acceptors (Lipinski definition) is 4. The van der Waals surface area contributed by atoms with Crippen molar-refractivity contribution in [3.8, 4) is 5.75 Å². The number of rotatable bonds is 7. The highest BCUT2D eigenvalue weighted by molar-refractivity contribution is 5.91. The molecular weight excluding hydrogens is 428 g/mol. The Balaban J connectivity index is 1.40. The van der Waals surface area contributed by atoms with Gasteiger partial charge in [-0.25, -0.2) is 0 Å². The molecule has 0 radical (unpaired) electrons. The third-order valence-electron chi connectivity index (χ3n) is 6.55. The second kappa shape index (κ2) is 9.37. The number of hydrogen-bond donors (Lipinski definition) is 1. The number of carbonyl (C=O) groups excluding carboxylic acids is 2. The molecule has 1 aliphatic heterocycles. The molecule has 3 aromatic rings. The molecule has 0 saturated heterocycles. The first-order valence-corrected chi connectivity index (χ1v) is 12.0. The predicted octanol–water partition coefficient (Wildman–Crippen LogP) is 4.80.